The van der Waals surface area contributed by atoms with Crippen molar-refractivity contribution in [2.75, 3.05) is 36.7 Å². The highest BCUT2D eigenvalue weighted by Crippen LogP contribution is 2.44. The maximum Gasteiger partial charge on any atom is 0.415 e. The van der Waals surface area contributed by atoms with Crippen LogP contribution >= 0.6 is 11.3 Å². The lowest BCUT2D eigenvalue weighted by Crippen LogP contribution is -2.33. The van der Waals surface area contributed by atoms with Crippen molar-refractivity contribution < 1.29 is 23.1 Å². The summed E-state index contributed by atoms with van der Waals surface area (Å²) in [5, 5.41) is 8.85. The van der Waals surface area contributed by atoms with Gasteiger partial charge in [0, 0.05) is 28.7 Å². The SMILES string of the molecule is CCOC(=O)N(Cc1c(F)cccc1F)c1sc(-c2ccc(N)cc2)c(CN(C)C)c1C(=O)Nc1ccc(=O)[nH]n1. The van der Waals surface area contributed by atoms with Crippen LogP contribution in [0.1, 0.15) is 28.4 Å². The fraction of sp³-hybridized carbons (Fsp3) is 0.214. The zero-order valence-electron chi connectivity index (χ0n) is 22.5. The van der Waals surface area contributed by atoms with Crippen LogP contribution in [0.25, 0.3) is 10.4 Å². The number of nitrogen functional groups attached to an aromatic ring is 1. The predicted molar refractivity (Wildman–Crippen MR) is 154 cm³/mol. The van der Waals surface area contributed by atoms with Crippen molar-refractivity contribution in [1.82, 2.24) is 15.1 Å². The van der Waals surface area contributed by atoms with Crippen molar-refractivity contribution in [3.05, 3.63) is 93.3 Å². The molecular formula is C28H28F2N6O4S. The molecule has 0 spiro atoms. The van der Waals surface area contributed by atoms with Crippen LogP contribution in [-0.2, 0) is 17.8 Å². The zero-order chi connectivity index (χ0) is 29.7. The van der Waals surface area contributed by atoms with Crippen molar-refractivity contribution in [3.63, 3.8) is 0 Å². The van der Waals surface area contributed by atoms with E-state index in [4.69, 9.17) is 10.5 Å². The van der Waals surface area contributed by atoms with Gasteiger partial charge in [-0.2, -0.15) is 5.10 Å². The van der Waals surface area contributed by atoms with E-state index in [0.717, 1.165) is 28.4 Å². The topological polar surface area (TPSA) is 134 Å². The molecular weight excluding hydrogens is 554 g/mol. The summed E-state index contributed by atoms with van der Waals surface area (Å²) in [6, 6.07) is 12.9. The summed E-state index contributed by atoms with van der Waals surface area (Å²) in [6.45, 7) is 1.31. The van der Waals surface area contributed by atoms with E-state index in [9.17, 15) is 23.2 Å². The third-order valence-corrected chi connectivity index (χ3v) is 7.20. The molecule has 0 saturated heterocycles. The molecule has 0 fully saturated rings. The van der Waals surface area contributed by atoms with E-state index >= 15 is 0 Å². The number of rotatable bonds is 9. The molecule has 0 radical (unpaired) electrons. The number of thiophene rings is 1. The molecule has 2 amide bonds. The van der Waals surface area contributed by atoms with E-state index in [-0.39, 0.29) is 35.1 Å². The highest BCUT2D eigenvalue weighted by Gasteiger charge is 2.32. The Balaban J connectivity index is 1.96. The third-order valence-electron chi connectivity index (χ3n) is 5.89. The first kappa shape index (κ1) is 29.4. The minimum atomic E-state index is -0.895. The molecule has 2 aromatic heterocycles. The molecule has 10 nitrogen and oxygen atoms in total. The fourth-order valence-corrected chi connectivity index (χ4v) is 5.37. The summed E-state index contributed by atoms with van der Waals surface area (Å²) in [4.78, 5) is 42.2. The Hall–Kier alpha value is -4.62. The number of aromatic amines is 1. The number of anilines is 3. The van der Waals surface area contributed by atoms with Crippen molar-refractivity contribution in [2.45, 2.75) is 20.0 Å². The van der Waals surface area contributed by atoms with E-state index in [0.29, 0.717) is 21.7 Å². The second-order valence-corrected chi connectivity index (χ2v) is 10.2. The minimum absolute atomic E-state index is 0.0152. The summed E-state index contributed by atoms with van der Waals surface area (Å²) in [5.74, 6) is -2.31. The van der Waals surface area contributed by atoms with Crippen LogP contribution in [0.4, 0.5) is 30.1 Å². The van der Waals surface area contributed by atoms with Gasteiger partial charge in [-0.1, -0.05) is 18.2 Å². The van der Waals surface area contributed by atoms with Gasteiger partial charge in [-0.05, 0) is 62.5 Å². The summed E-state index contributed by atoms with van der Waals surface area (Å²) in [7, 11) is 3.63. The van der Waals surface area contributed by atoms with Gasteiger partial charge in [-0.15, -0.1) is 11.3 Å². The van der Waals surface area contributed by atoms with E-state index in [1.165, 1.54) is 18.2 Å². The highest BCUT2D eigenvalue weighted by molar-refractivity contribution is 7.20. The van der Waals surface area contributed by atoms with Crippen LogP contribution in [0.15, 0.2) is 59.4 Å². The summed E-state index contributed by atoms with van der Waals surface area (Å²) < 4.78 is 34.8. The first-order valence-electron chi connectivity index (χ1n) is 12.5. The first-order chi connectivity index (χ1) is 19.6. The number of amides is 2. The fourth-order valence-electron chi connectivity index (χ4n) is 4.07. The number of carbonyl (C=O) groups is 2. The van der Waals surface area contributed by atoms with Crippen molar-refractivity contribution in [2.24, 2.45) is 0 Å². The molecule has 214 valence electrons. The van der Waals surface area contributed by atoms with E-state index in [1.807, 2.05) is 19.0 Å². The first-order valence-corrected chi connectivity index (χ1v) is 13.3. The van der Waals surface area contributed by atoms with Crippen molar-refractivity contribution in [3.8, 4) is 10.4 Å². The number of halogens is 2. The van der Waals surface area contributed by atoms with Gasteiger partial charge in [0.2, 0.25) is 0 Å². The number of H-pyrrole nitrogens is 1. The quantitative estimate of drug-likeness (QED) is 0.241. The lowest BCUT2D eigenvalue weighted by Gasteiger charge is -2.23. The number of nitrogens with zero attached hydrogens (tertiary/aromatic N) is 3. The van der Waals surface area contributed by atoms with Gasteiger partial charge in [0.25, 0.3) is 11.5 Å². The number of ether oxygens (including phenoxy) is 1. The summed E-state index contributed by atoms with van der Waals surface area (Å²) in [6.07, 6.45) is -0.895. The van der Waals surface area contributed by atoms with Gasteiger partial charge >= 0.3 is 6.09 Å². The van der Waals surface area contributed by atoms with Gasteiger partial charge in [0.05, 0.1) is 18.7 Å². The molecule has 4 N–H and O–H groups in total. The summed E-state index contributed by atoms with van der Waals surface area (Å²) >= 11 is 1.10. The van der Waals surface area contributed by atoms with Gasteiger partial charge < -0.3 is 20.7 Å². The second-order valence-electron chi connectivity index (χ2n) is 9.20. The molecule has 2 heterocycles. The summed E-state index contributed by atoms with van der Waals surface area (Å²) in [5.41, 5.74) is 6.94. The van der Waals surface area contributed by atoms with E-state index in [2.05, 4.69) is 15.5 Å². The average molecular weight is 583 g/mol. The molecule has 0 saturated carbocycles. The highest BCUT2D eigenvalue weighted by atomic mass is 32.1. The maximum atomic E-state index is 14.8. The molecule has 4 rings (SSSR count). The Kier molecular flexibility index (Phi) is 9.10. The van der Waals surface area contributed by atoms with E-state index < -0.39 is 35.7 Å². The Labute approximate surface area is 238 Å². The number of hydrogen-bond donors (Lipinski definition) is 3. The Morgan fingerprint density at radius 3 is 2.29 bits per heavy atom. The average Bonchev–Trinajstić information content (AvgIpc) is 3.28. The zero-order valence-corrected chi connectivity index (χ0v) is 23.4. The lowest BCUT2D eigenvalue weighted by atomic mass is 10.0. The van der Waals surface area contributed by atoms with Crippen LogP contribution in [0, 0.1) is 11.6 Å². The van der Waals surface area contributed by atoms with Crippen molar-refractivity contribution >= 4 is 39.8 Å². The Morgan fingerprint density at radius 1 is 1.02 bits per heavy atom. The van der Waals surface area contributed by atoms with Crippen LogP contribution in [0.2, 0.25) is 0 Å². The van der Waals surface area contributed by atoms with E-state index in [1.54, 1.807) is 31.2 Å². The standard InChI is InChI=1S/C28H28F2N6O4S/c1-4-40-28(39)36(15-18-20(29)6-5-7-21(18)30)27-24(26(38)32-22-12-13-23(37)34-33-22)19(14-35(2)3)25(41-27)16-8-10-17(31)11-9-16/h5-13H,4,14-15,31H2,1-3H3,(H,34,37)(H,32,33,38). The molecule has 0 aliphatic carbocycles. The second kappa shape index (κ2) is 12.7. The molecule has 0 unspecified atom stereocenters. The van der Waals surface area contributed by atoms with Crippen molar-refractivity contribution in [1.29, 1.82) is 0 Å². The predicted octanol–water partition coefficient (Wildman–Crippen LogP) is 4.84. The maximum absolute atomic E-state index is 14.8. The molecule has 41 heavy (non-hydrogen) atoms. The Bertz CT molecular complexity index is 1580. The number of benzene rings is 2. The normalized spacial score (nSPS) is 11.0. The molecule has 0 aliphatic heterocycles. The smallest absolute Gasteiger partial charge is 0.415 e. The minimum Gasteiger partial charge on any atom is -0.449 e. The molecule has 2 aromatic carbocycles. The Morgan fingerprint density at radius 2 is 1.71 bits per heavy atom. The molecule has 0 atom stereocenters. The van der Waals surface area contributed by atoms with Gasteiger partial charge in [0.1, 0.15) is 16.6 Å². The van der Waals surface area contributed by atoms with Gasteiger partial charge in [-0.3, -0.25) is 14.5 Å². The van der Waals surface area contributed by atoms with Crippen LogP contribution < -0.4 is 21.5 Å². The molecule has 0 bridgehead atoms. The third kappa shape index (κ3) is 6.76. The monoisotopic (exact) mass is 582 g/mol. The number of nitrogens with two attached hydrogens (primary N) is 1. The number of carbonyl (C=O) groups excluding carboxylic acids is 2. The number of aromatic nitrogens is 2. The van der Waals surface area contributed by atoms with Gasteiger partial charge in [-0.25, -0.2) is 18.7 Å². The molecule has 4 aromatic rings. The lowest BCUT2D eigenvalue weighted by molar-refractivity contribution is 0.102. The van der Waals surface area contributed by atoms with Crippen LogP contribution in [-0.4, -0.2) is 47.8 Å². The largest absolute Gasteiger partial charge is 0.449 e. The number of hydrogen-bond acceptors (Lipinski definition) is 8. The molecule has 0 aliphatic rings. The van der Waals surface area contributed by atoms with Gasteiger partial charge in [0.15, 0.2) is 5.82 Å². The van der Waals surface area contributed by atoms with Crippen LogP contribution in [0.5, 0.6) is 0 Å². The number of nitrogens with one attached hydrogen (secondary N) is 2. The van der Waals surface area contributed by atoms with Crippen LogP contribution in [0.3, 0.4) is 0 Å². The molecule has 13 heteroatoms.